The van der Waals surface area contributed by atoms with Crippen molar-refractivity contribution in [2.75, 3.05) is 0 Å². The molecule has 0 aliphatic rings. The molecule has 0 rings (SSSR count). The summed E-state index contributed by atoms with van der Waals surface area (Å²) in [6, 6.07) is 0.457. The first-order valence-electron chi connectivity index (χ1n) is 7.24. The Hall–Kier alpha value is -0.520. The molecule has 0 fully saturated rings. The van der Waals surface area contributed by atoms with E-state index in [1.807, 2.05) is 0 Å². The van der Waals surface area contributed by atoms with Gasteiger partial charge in [0.2, 0.25) is 0 Å². The Kier molecular flexibility index (Phi) is 13.1. The molecule has 0 saturated heterocycles. The Labute approximate surface area is 108 Å². The number of hydrogen-bond donors (Lipinski definition) is 2. The largest absolute Gasteiger partial charge is 0.271 e. The Morgan fingerprint density at radius 1 is 1.00 bits per heavy atom. The van der Waals surface area contributed by atoms with Gasteiger partial charge in [-0.25, -0.2) is 0 Å². The molecule has 0 heterocycles. The van der Waals surface area contributed by atoms with Crippen molar-refractivity contribution in [3.05, 3.63) is 0 Å². The van der Waals surface area contributed by atoms with Crippen LogP contribution >= 0.6 is 0 Å². The van der Waals surface area contributed by atoms with Crippen LogP contribution in [0.1, 0.15) is 77.6 Å². The fraction of sp³-hybridized carbons (Fsp3) is 0.867. The van der Waals surface area contributed by atoms with Gasteiger partial charge in [0.05, 0.1) is 0 Å². The fourth-order valence-electron chi connectivity index (χ4n) is 2.11. The lowest BCUT2D eigenvalue weighted by Gasteiger charge is -2.14. The lowest BCUT2D eigenvalue weighted by atomic mass is 10.0. The normalized spacial score (nSPS) is 12.3. The minimum absolute atomic E-state index is 0.457. The number of hydrogen-bond acceptors (Lipinski definition) is 2. The number of nitrogens with one attached hydrogen (secondary N) is 1. The molecule has 0 spiro atoms. The van der Waals surface area contributed by atoms with E-state index in [0.29, 0.717) is 6.04 Å². The molecule has 0 aliphatic carbocycles. The number of hydrazine groups is 1. The molecule has 0 aliphatic heterocycles. The van der Waals surface area contributed by atoms with E-state index in [0.717, 1.165) is 19.3 Å². The first-order valence-corrected chi connectivity index (χ1v) is 7.24. The van der Waals surface area contributed by atoms with Crippen molar-refractivity contribution in [1.82, 2.24) is 5.43 Å². The van der Waals surface area contributed by atoms with Crippen molar-refractivity contribution in [3.63, 3.8) is 0 Å². The summed E-state index contributed by atoms with van der Waals surface area (Å²) in [5.74, 6) is 8.21. The average Bonchev–Trinajstić information content (AvgIpc) is 2.35. The lowest BCUT2D eigenvalue weighted by Crippen LogP contribution is -2.34. The van der Waals surface area contributed by atoms with Crippen LogP contribution in [-0.2, 0) is 0 Å². The molecule has 0 saturated carbocycles. The maximum Gasteiger partial charge on any atom is 0.0210 e. The van der Waals surface area contributed by atoms with Gasteiger partial charge in [-0.05, 0) is 19.3 Å². The van der Waals surface area contributed by atoms with Gasteiger partial charge >= 0.3 is 0 Å². The summed E-state index contributed by atoms with van der Waals surface area (Å²) >= 11 is 0. The first-order chi connectivity index (χ1) is 8.35. The van der Waals surface area contributed by atoms with Crippen molar-refractivity contribution in [1.29, 1.82) is 0 Å². The van der Waals surface area contributed by atoms with Crippen LogP contribution in [0.25, 0.3) is 0 Å². The Morgan fingerprint density at radius 3 is 2.18 bits per heavy atom. The van der Waals surface area contributed by atoms with Gasteiger partial charge in [-0.3, -0.25) is 11.3 Å². The standard InChI is InChI=1S/C15H30N2/c1-3-5-7-8-9-10-12-14-15(17-16)13-11-6-4-2/h2,15,17H,3,5-14,16H2,1H3. The van der Waals surface area contributed by atoms with Gasteiger partial charge in [-0.15, -0.1) is 12.3 Å². The maximum atomic E-state index is 5.53. The van der Waals surface area contributed by atoms with E-state index in [9.17, 15) is 0 Å². The van der Waals surface area contributed by atoms with Crippen LogP contribution in [0.4, 0.5) is 0 Å². The third-order valence-electron chi connectivity index (χ3n) is 3.27. The van der Waals surface area contributed by atoms with E-state index >= 15 is 0 Å². The smallest absolute Gasteiger partial charge is 0.0210 e. The third-order valence-corrected chi connectivity index (χ3v) is 3.27. The van der Waals surface area contributed by atoms with Crippen LogP contribution in [-0.4, -0.2) is 6.04 Å². The molecular formula is C15H30N2. The van der Waals surface area contributed by atoms with Gasteiger partial charge in [0.25, 0.3) is 0 Å². The predicted molar refractivity (Wildman–Crippen MR) is 76.4 cm³/mol. The molecule has 2 heteroatoms. The second kappa shape index (κ2) is 13.5. The fourth-order valence-corrected chi connectivity index (χ4v) is 2.11. The highest BCUT2D eigenvalue weighted by Crippen LogP contribution is 2.12. The number of unbranched alkanes of at least 4 members (excludes halogenated alkanes) is 7. The van der Waals surface area contributed by atoms with E-state index in [-0.39, 0.29) is 0 Å². The quantitative estimate of drug-likeness (QED) is 0.235. The zero-order valence-corrected chi connectivity index (χ0v) is 11.5. The van der Waals surface area contributed by atoms with Crippen LogP contribution in [0, 0.1) is 12.3 Å². The monoisotopic (exact) mass is 238 g/mol. The van der Waals surface area contributed by atoms with Crippen LogP contribution in [0.2, 0.25) is 0 Å². The minimum Gasteiger partial charge on any atom is -0.271 e. The summed E-state index contributed by atoms with van der Waals surface area (Å²) in [5.41, 5.74) is 2.90. The highest BCUT2D eigenvalue weighted by Gasteiger charge is 2.05. The van der Waals surface area contributed by atoms with E-state index in [1.165, 1.54) is 51.4 Å². The SMILES string of the molecule is C#CCCCC(CCCCCCCCC)NN. The van der Waals surface area contributed by atoms with Gasteiger partial charge in [0, 0.05) is 12.5 Å². The maximum absolute atomic E-state index is 5.53. The van der Waals surface area contributed by atoms with Crippen LogP contribution in [0.3, 0.4) is 0 Å². The topological polar surface area (TPSA) is 38.0 Å². The number of terminal acetylenes is 1. The Balaban J connectivity index is 3.28. The molecule has 0 radical (unpaired) electrons. The van der Waals surface area contributed by atoms with Crippen LogP contribution in [0.15, 0.2) is 0 Å². The van der Waals surface area contributed by atoms with Gasteiger partial charge in [-0.2, -0.15) is 0 Å². The van der Waals surface area contributed by atoms with Crippen molar-refractivity contribution in [3.8, 4) is 12.3 Å². The molecule has 100 valence electrons. The van der Waals surface area contributed by atoms with E-state index < -0.39 is 0 Å². The summed E-state index contributed by atoms with van der Waals surface area (Å²) in [6.45, 7) is 2.26. The van der Waals surface area contributed by atoms with Crippen LogP contribution < -0.4 is 11.3 Å². The zero-order valence-electron chi connectivity index (χ0n) is 11.5. The summed E-state index contributed by atoms with van der Waals surface area (Å²) in [4.78, 5) is 0. The minimum atomic E-state index is 0.457. The zero-order chi connectivity index (χ0) is 12.8. The van der Waals surface area contributed by atoms with Crippen molar-refractivity contribution in [2.45, 2.75) is 83.6 Å². The van der Waals surface area contributed by atoms with E-state index in [1.54, 1.807) is 0 Å². The molecule has 3 N–H and O–H groups in total. The van der Waals surface area contributed by atoms with E-state index in [2.05, 4.69) is 18.3 Å². The number of nitrogens with two attached hydrogens (primary N) is 1. The molecule has 0 aromatic heterocycles. The Morgan fingerprint density at radius 2 is 1.59 bits per heavy atom. The number of rotatable bonds is 12. The summed E-state index contributed by atoms with van der Waals surface area (Å²) in [7, 11) is 0. The van der Waals surface area contributed by atoms with Gasteiger partial charge < -0.3 is 0 Å². The van der Waals surface area contributed by atoms with Crippen molar-refractivity contribution < 1.29 is 0 Å². The molecule has 0 amide bonds. The predicted octanol–water partition coefficient (Wildman–Crippen LogP) is 3.76. The lowest BCUT2D eigenvalue weighted by molar-refractivity contribution is 0.430. The third kappa shape index (κ3) is 11.7. The average molecular weight is 238 g/mol. The molecule has 17 heavy (non-hydrogen) atoms. The van der Waals surface area contributed by atoms with Gasteiger partial charge in [-0.1, -0.05) is 51.9 Å². The molecule has 0 aromatic rings. The molecule has 0 bridgehead atoms. The summed E-state index contributed by atoms with van der Waals surface area (Å²) in [6.07, 6.45) is 19.0. The second-order valence-corrected chi connectivity index (χ2v) is 4.87. The van der Waals surface area contributed by atoms with Gasteiger partial charge in [0.1, 0.15) is 0 Å². The first kappa shape index (κ1) is 16.5. The molecule has 1 atom stereocenters. The van der Waals surface area contributed by atoms with Crippen LogP contribution in [0.5, 0.6) is 0 Å². The summed E-state index contributed by atoms with van der Waals surface area (Å²) in [5, 5.41) is 0. The molecule has 0 aromatic carbocycles. The van der Waals surface area contributed by atoms with Crippen molar-refractivity contribution in [2.24, 2.45) is 5.84 Å². The molecular weight excluding hydrogens is 208 g/mol. The molecule has 1 unspecified atom stereocenters. The Bertz CT molecular complexity index is 184. The van der Waals surface area contributed by atoms with Gasteiger partial charge in [0.15, 0.2) is 0 Å². The summed E-state index contributed by atoms with van der Waals surface area (Å²) < 4.78 is 0. The molecule has 2 nitrogen and oxygen atoms in total. The highest BCUT2D eigenvalue weighted by molar-refractivity contribution is 4.83. The van der Waals surface area contributed by atoms with E-state index in [4.69, 9.17) is 12.3 Å². The van der Waals surface area contributed by atoms with Crippen molar-refractivity contribution >= 4 is 0 Å². The highest BCUT2D eigenvalue weighted by atomic mass is 15.2. The second-order valence-electron chi connectivity index (χ2n) is 4.87.